The summed E-state index contributed by atoms with van der Waals surface area (Å²) < 4.78 is 0. The highest BCUT2D eigenvalue weighted by atomic mass is 15.0. The number of hydrogen-bond donors (Lipinski definition) is 1. The van der Waals surface area contributed by atoms with Crippen LogP contribution in [0.15, 0.2) is 12.2 Å². The molecule has 1 spiro atoms. The van der Waals surface area contributed by atoms with Crippen LogP contribution in [-0.4, -0.2) is 12.6 Å². The molecule has 1 nitrogen and oxygen atoms in total. The van der Waals surface area contributed by atoms with E-state index in [0.29, 0.717) is 6.04 Å². The van der Waals surface area contributed by atoms with Crippen molar-refractivity contribution >= 4 is 0 Å². The quantitative estimate of drug-likeness (QED) is 0.542. The maximum absolute atomic E-state index is 3.97. The summed E-state index contributed by atoms with van der Waals surface area (Å²) in [7, 11) is 0. The third-order valence-electron chi connectivity index (χ3n) is 2.91. The average molecular weight is 137 g/mol. The summed E-state index contributed by atoms with van der Waals surface area (Å²) >= 11 is 0. The number of rotatable bonds is 1. The molecule has 1 aliphatic carbocycles. The standard InChI is InChI=1S/C9H15N/c1-7(2)8-5-9(3-4-9)6-10-8/h8,10H,1,3-6H2,2H3. The molecule has 0 bridgehead atoms. The van der Waals surface area contributed by atoms with Crippen LogP contribution in [0.3, 0.4) is 0 Å². The molecule has 2 fully saturated rings. The smallest absolute Gasteiger partial charge is 0.0280 e. The maximum atomic E-state index is 3.97. The van der Waals surface area contributed by atoms with E-state index in [2.05, 4.69) is 18.8 Å². The van der Waals surface area contributed by atoms with E-state index >= 15 is 0 Å². The van der Waals surface area contributed by atoms with Crippen LogP contribution in [0.4, 0.5) is 0 Å². The molecule has 1 aliphatic heterocycles. The Morgan fingerprint density at radius 3 is 2.60 bits per heavy atom. The third-order valence-corrected chi connectivity index (χ3v) is 2.91. The fraction of sp³-hybridized carbons (Fsp3) is 0.778. The lowest BCUT2D eigenvalue weighted by molar-refractivity contribution is 0.562. The molecule has 1 atom stereocenters. The van der Waals surface area contributed by atoms with E-state index in [4.69, 9.17) is 0 Å². The average Bonchev–Trinajstić information content (AvgIpc) is 2.41. The van der Waals surface area contributed by atoms with Crippen molar-refractivity contribution in [3.8, 4) is 0 Å². The van der Waals surface area contributed by atoms with Gasteiger partial charge in [0.25, 0.3) is 0 Å². The Kier molecular flexibility index (Phi) is 1.19. The Morgan fingerprint density at radius 2 is 2.30 bits per heavy atom. The minimum atomic E-state index is 0.627. The molecule has 1 heteroatoms. The first-order valence-corrected chi connectivity index (χ1v) is 4.11. The molecule has 0 aromatic rings. The van der Waals surface area contributed by atoms with Gasteiger partial charge in [0.2, 0.25) is 0 Å². The van der Waals surface area contributed by atoms with Crippen LogP contribution in [0.25, 0.3) is 0 Å². The lowest BCUT2D eigenvalue weighted by atomic mass is 10.00. The fourth-order valence-electron chi connectivity index (χ4n) is 1.82. The summed E-state index contributed by atoms with van der Waals surface area (Å²) in [6.07, 6.45) is 4.25. The zero-order valence-corrected chi connectivity index (χ0v) is 6.61. The lowest BCUT2D eigenvalue weighted by Crippen LogP contribution is -2.21. The van der Waals surface area contributed by atoms with Crippen molar-refractivity contribution in [3.05, 3.63) is 12.2 Å². The predicted octanol–water partition coefficient (Wildman–Crippen LogP) is 1.70. The first-order valence-electron chi connectivity index (χ1n) is 4.11. The largest absolute Gasteiger partial charge is 0.310 e. The SMILES string of the molecule is C=C(C)C1CC2(CC2)CN1. The van der Waals surface area contributed by atoms with Crippen molar-refractivity contribution in [2.75, 3.05) is 6.54 Å². The molecule has 0 aromatic carbocycles. The van der Waals surface area contributed by atoms with E-state index in [1.807, 2.05) is 0 Å². The van der Waals surface area contributed by atoms with Crippen LogP contribution >= 0.6 is 0 Å². The molecular formula is C9H15N. The highest BCUT2D eigenvalue weighted by molar-refractivity contribution is 5.13. The van der Waals surface area contributed by atoms with E-state index in [0.717, 1.165) is 5.41 Å². The van der Waals surface area contributed by atoms with Gasteiger partial charge in [-0.1, -0.05) is 12.2 Å². The van der Waals surface area contributed by atoms with Gasteiger partial charge in [0.05, 0.1) is 0 Å². The predicted molar refractivity (Wildman–Crippen MR) is 42.9 cm³/mol. The molecule has 2 rings (SSSR count). The van der Waals surface area contributed by atoms with Crippen molar-refractivity contribution in [2.45, 2.75) is 32.2 Å². The summed E-state index contributed by atoms with van der Waals surface area (Å²) in [5.41, 5.74) is 2.03. The molecule has 1 heterocycles. The van der Waals surface area contributed by atoms with Gasteiger partial charge in [0, 0.05) is 12.6 Å². The van der Waals surface area contributed by atoms with Gasteiger partial charge in [-0.05, 0) is 31.6 Å². The van der Waals surface area contributed by atoms with Crippen molar-refractivity contribution in [1.82, 2.24) is 5.32 Å². The zero-order chi connectivity index (χ0) is 7.19. The van der Waals surface area contributed by atoms with Gasteiger partial charge < -0.3 is 5.32 Å². The van der Waals surface area contributed by atoms with Crippen LogP contribution in [0, 0.1) is 5.41 Å². The molecule has 1 saturated heterocycles. The number of hydrogen-bond acceptors (Lipinski definition) is 1. The first kappa shape index (κ1) is 6.41. The van der Waals surface area contributed by atoms with E-state index < -0.39 is 0 Å². The van der Waals surface area contributed by atoms with Gasteiger partial charge in [0.15, 0.2) is 0 Å². The van der Waals surface area contributed by atoms with Crippen molar-refractivity contribution in [3.63, 3.8) is 0 Å². The van der Waals surface area contributed by atoms with E-state index in [1.165, 1.54) is 31.4 Å². The molecular weight excluding hydrogens is 122 g/mol. The van der Waals surface area contributed by atoms with E-state index in [-0.39, 0.29) is 0 Å². The molecule has 1 unspecified atom stereocenters. The Balaban J connectivity index is 1.99. The molecule has 1 N–H and O–H groups in total. The number of nitrogens with one attached hydrogen (secondary N) is 1. The van der Waals surface area contributed by atoms with Gasteiger partial charge in [-0.25, -0.2) is 0 Å². The van der Waals surface area contributed by atoms with Crippen LogP contribution in [-0.2, 0) is 0 Å². The molecule has 56 valence electrons. The van der Waals surface area contributed by atoms with E-state index in [9.17, 15) is 0 Å². The Morgan fingerprint density at radius 1 is 1.60 bits per heavy atom. The highest BCUT2D eigenvalue weighted by Crippen LogP contribution is 2.52. The van der Waals surface area contributed by atoms with Gasteiger partial charge in [-0.15, -0.1) is 0 Å². The lowest BCUT2D eigenvalue weighted by Gasteiger charge is -2.08. The van der Waals surface area contributed by atoms with Gasteiger partial charge >= 0.3 is 0 Å². The second kappa shape index (κ2) is 1.85. The topological polar surface area (TPSA) is 12.0 Å². The summed E-state index contributed by atoms with van der Waals surface area (Å²) in [6, 6.07) is 0.627. The molecule has 0 radical (unpaired) electrons. The summed E-state index contributed by atoms with van der Waals surface area (Å²) in [5.74, 6) is 0. The zero-order valence-electron chi connectivity index (χ0n) is 6.61. The minimum absolute atomic E-state index is 0.627. The second-order valence-corrected chi connectivity index (χ2v) is 3.98. The van der Waals surface area contributed by atoms with Crippen LogP contribution in [0.1, 0.15) is 26.2 Å². The first-order chi connectivity index (χ1) is 4.72. The fourth-order valence-corrected chi connectivity index (χ4v) is 1.82. The second-order valence-electron chi connectivity index (χ2n) is 3.98. The van der Waals surface area contributed by atoms with Crippen molar-refractivity contribution in [1.29, 1.82) is 0 Å². The maximum Gasteiger partial charge on any atom is 0.0280 e. The Hall–Kier alpha value is -0.300. The van der Waals surface area contributed by atoms with Crippen LogP contribution in [0.5, 0.6) is 0 Å². The molecule has 0 amide bonds. The molecule has 0 aromatic heterocycles. The minimum Gasteiger partial charge on any atom is -0.310 e. The van der Waals surface area contributed by atoms with Gasteiger partial charge in [-0.3, -0.25) is 0 Å². The summed E-state index contributed by atoms with van der Waals surface area (Å²) in [5, 5.41) is 3.51. The summed E-state index contributed by atoms with van der Waals surface area (Å²) in [6.45, 7) is 7.33. The van der Waals surface area contributed by atoms with E-state index in [1.54, 1.807) is 0 Å². The van der Waals surface area contributed by atoms with Gasteiger partial charge in [0.1, 0.15) is 0 Å². The normalized spacial score (nSPS) is 34.7. The molecule has 2 aliphatic rings. The van der Waals surface area contributed by atoms with Crippen LogP contribution < -0.4 is 5.32 Å². The van der Waals surface area contributed by atoms with Crippen molar-refractivity contribution in [2.24, 2.45) is 5.41 Å². The summed E-state index contributed by atoms with van der Waals surface area (Å²) in [4.78, 5) is 0. The third kappa shape index (κ3) is 0.891. The van der Waals surface area contributed by atoms with Gasteiger partial charge in [-0.2, -0.15) is 0 Å². The molecule has 10 heavy (non-hydrogen) atoms. The highest BCUT2D eigenvalue weighted by Gasteiger charge is 2.48. The monoisotopic (exact) mass is 137 g/mol. The Bertz CT molecular complexity index is 168. The van der Waals surface area contributed by atoms with Crippen LogP contribution in [0.2, 0.25) is 0 Å². The van der Waals surface area contributed by atoms with Crippen molar-refractivity contribution < 1.29 is 0 Å². The Labute approximate surface area is 62.5 Å². The molecule has 1 saturated carbocycles.